The first kappa shape index (κ1) is 14.2. The predicted octanol–water partition coefficient (Wildman–Crippen LogP) is 4.30. The van der Waals surface area contributed by atoms with Gasteiger partial charge in [-0.15, -0.1) is 0 Å². The van der Waals surface area contributed by atoms with E-state index in [4.69, 9.17) is 9.31 Å². The molecule has 0 bridgehead atoms. The summed E-state index contributed by atoms with van der Waals surface area (Å²) in [6, 6.07) is 9.02. The van der Waals surface area contributed by atoms with Crippen LogP contribution in [0.4, 0.5) is 0 Å². The van der Waals surface area contributed by atoms with Gasteiger partial charge in [-0.05, 0) is 57.6 Å². The molecule has 1 atom stereocenters. The van der Waals surface area contributed by atoms with Crippen LogP contribution in [0.2, 0.25) is 0 Å². The van der Waals surface area contributed by atoms with Crippen molar-refractivity contribution in [3.63, 3.8) is 0 Å². The van der Waals surface area contributed by atoms with E-state index in [0.29, 0.717) is 0 Å². The highest BCUT2D eigenvalue weighted by molar-refractivity contribution is 6.47. The third-order valence-electron chi connectivity index (χ3n) is 5.19. The van der Waals surface area contributed by atoms with Crippen LogP contribution in [0.15, 0.2) is 24.3 Å². The van der Waals surface area contributed by atoms with Crippen LogP contribution in [0.3, 0.4) is 0 Å². The Morgan fingerprint density at radius 2 is 1.50 bits per heavy atom. The van der Waals surface area contributed by atoms with Crippen molar-refractivity contribution in [3.8, 4) is 0 Å². The molecule has 1 heterocycles. The lowest BCUT2D eigenvalue weighted by molar-refractivity contribution is 0.00578. The van der Waals surface area contributed by atoms with E-state index in [-0.39, 0.29) is 24.1 Å². The van der Waals surface area contributed by atoms with Gasteiger partial charge in [0, 0.05) is 5.82 Å². The molecule has 3 heteroatoms. The van der Waals surface area contributed by atoms with Gasteiger partial charge < -0.3 is 9.31 Å². The van der Waals surface area contributed by atoms with Crippen molar-refractivity contribution >= 4 is 7.12 Å². The average molecular weight is 272 g/mol. The number of hydrogen-bond donors (Lipinski definition) is 0. The zero-order valence-corrected chi connectivity index (χ0v) is 13.3. The van der Waals surface area contributed by atoms with E-state index >= 15 is 0 Å². The van der Waals surface area contributed by atoms with Gasteiger partial charge >= 0.3 is 7.12 Å². The van der Waals surface area contributed by atoms with Gasteiger partial charge in [-0.2, -0.15) is 0 Å². The minimum Gasteiger partial charge on any atom is -0.403 e. The Labute approximate surface area is 123 Å². The molecule has 1 aliphatic heterocycles. The fourth-order valence-corrected chi connectivity index (χ4v) is 2.74. The van der Waals surface area contributed by atoms with Crippen molar-refractivity contribution in [2.75, 3.05) is 0 Å². The maximum Gasteiger partial charge on any atom is 0.465 e. The molecule has 20 heavy (non-hydrogen) atoms. The van der Waals surface area contributed by atoms with Crippen molar-refractivity contribution in [1.82, 2.24) is 0 Å². The van der Waals surface area contributed by atoms with E-state index in [1.165, 1.54) is 24.0 Å². The summed E-state index contributed by atoms with van der Waals surface area (Å²) in [4.78, 5) is 0. The van der Waals surface area contributed by atoms with Crippen molar-refractivity contribution in [2.45, 2.75) is 70.4 Å². The third-order valence-corrected chi connectivity index (χ3v) is 5.19. The van der Waals surface area contributed by atoms with E-state index in [1.54, 1.807) is 0 Å². The predicted molar refractivity (Wildman–Crippen MR) is 82.9 cm³/mol. The third kappa shape index (κ3) is 2.42. The lowest BCUT2D eigenvalue weighted by atomic mass is 9.69. The second-order valence-corrected chi connectivity index (χ2v) is 7.35. The first-order valence-corrected chi connectivity index (χ1v) is 7.76. The summed E-state index contributed by atoms with van der Waals surface area (Å²) < 4.78 is 12.3. The molecule has 1 aliphatic carbocycles. The van der Waals surface area contributed by atoms with Crippen LogP contribution in [-0.4, -0.2) is 18.3 Å². The van der Waals surface area contributed by atoms with Crippen molar-refractivity contribution in [2.24, 2.45) is 0 Å². The SMILES string of the molecule is C[C@@H](B1OC(C)(C)C(C)(C)O1)c1ccc(C2CC2)cc1. The first-order valence-electron chi connectivity index (χ1n) is 7.76. The van der Waals surface area contributed by atoms with Crippen LogP contribution in [0.5, 0.6) is 0 Å². The molecular weight excluding hydrogens is 247 g/mol. The second-order valence-electron chi connectivity index (χ2n) is 7.35. The topological polar surface area (TPSA) is 18.5 Å². The highest BCUT2D eigenvalue weighted by Gasteiger charge is 2.52. The maximum atomic E-state index is 6.15. The summed E-state index contributed by atoms with van der Waals surface area (Å²) >= 11 is 0. The van der Waals surface area contributed by atoms with Crippen LogP contribution in [0, 0.1) is 0 Å². The second kappa shape index (κ2) is 4.61. The average Bonchev–Trinajstić information content (AvgIpc) is 3.17. The molecule has 3 rings (SSSR count). The Balaban J connectivity index is 1.74. The molecule has 0 unspecified atom stereocenters. The molecule has 0 aromatic heterocycles. The van der Waals surface area contributed by atoms with Gasteiger partial charge in [-0.1, -0.05) is 31.2 Å². The molecule has 0 spiro atoms. The summed E-state index contributed by atoms with van der Waals surface area (Å²) in [5, 5.41) is 0. The minimum atomic E-state index is -0.250. The lowest BCUT2D eigenvalue weighted by Crippen LogP contribution is -2.41. The Hall–Kier alpha value is -0.795. The first-order chi connectivity index (χ1) is 9.30. The molecule has 0 radical (unpaired) electrons. The fourth-order valence-electron chi connectivity index (χ4n) is 2.74. The summed E-state index contributed by atoms with van der Waals surface area (Å²) in [7, 11) is -0.160. The van der Waals surface area contributed by atoms with Crippen LogP contribution in [0.1, 0.15) is 70.3 Å². The van der Waals surface area contributed by atoms with Gasteiger partial charge in [0.15, 0.2) is 0 Å². The van der Waals surface area contributed by atoms with Crippen molar-refractivity contribution < 1.29 is 9.31 Å². The summed E-state index contributed by atoms with van der Waals surface area (Å²) in [6.07, 6.45) is 2.71. The molecule has 0 N–H and O–H groups in total. The van der Waals surface area contributed by atoms with E-state index in [1.807, 2.05) is 0 Å². The molecule has 2 nitrogen and oxygen atoms in total. The quantitative estimate of drug-likeness (QED) is 0.764. The number of hydrogen-bond acceptors (Lipinski definition) is 2. The molecule has 1 saturated heterocycles. The van der Waals surface area contributed by atoms with E-state index in [2.05, 4.69) is 58.9 Å². The molecule has 1 saturated carbocycles. The monoisotopic (exact) mass is 272 g/mol. The minimum absolute atomic E-state index is 0.160. The Morgan fingerprint density at radius 3 is 1.95 bits per heavy atom. The largest absolute Gasteiger partial charge is 0.465 e. The highest BCUT2D eigenvalue weighted by atomic mass is 16.7. The highest BCUT2D eigenvalue weighted by Crippen LogP contribution is 2.42. The molecule has 2 aliphatic rings. The molecule has 1 aromatic carbocycles. The van der Waals surface area contributed by atoms with Crippen molar-refractivity contribution in [3.05, 3.63) is 35.4 Å². The van der Waals surface area contributed by atoms with Crippen LogP contribution in [0.25, 0.3) is 0 Å². The van der Waals surface area contributed by atoms with E-state index in [9.17, 15) is 0 Å². The fraction of sp³-hybridized carbons (Fsp3) is 0.647. The molecule has 2 fully saturated rings. The number of rotatable bonds is 3. The Morgan fingerprint density at radius 1 is 1.00 bits per heavy atom. The van der Waals surface area contributed by atoms with Gasteiger partial charge in [0.1, 0.15) is 0 Å². The number of benzene rings is 1. The molecule has 108 valence electrons. The summed E-state index contributed by atoms with van der Waals surface area (Å²) in [5.74, 6) is 1.07. The normalized spacial score (nSPS) is 25.8. The maximum absolute atomic E-state index is 6.15. The lowest BCUT2D eigenvalue weighted by Gasteiger charge is -2.32. The van der Waals surface area contributed by atoms with Gasteiger partial charge in [0.25, 0.3) is 0 Å². The molecule has 1 aromatic rings. The van der Waals surface area contributed by atoms with E-state index in [0.717, 1.165) is 5.92 Å². The van der Waals surface area contributed by atoms with Crippen LogP contribution >= 0.6 is 0 Å². The molecule has 0 amide bonds. The van der Waals surface area contributed by atoms with Crippen LogP contribution < -0.4 is 0 Å². The molecular formula is C17H25BO2. The summed E-state index contributed by atoms with van der Waals surface area (Å²) in [5.41, 5.74) is 2.28. The van der Waals surface area contributed by atoms with Gasteiger partial charge in [-0.25, -0.2) is 0 Å². The Bertz CT molecular complexity index is 472. The van der Waals surface area contributed by atoms with Gasteiger partial charge in [0.05, 0.1) is 11.2 Å². The van der Waals surface area contributed by atoms with Gasteiger partial charge in [0.2, 0.25) is 0 Å². The van der Waals surface area contributed by atoms with Gasteiger partial charge in [-0.3, -0.25) is 0 Å². The van der Waals surface area contributed by atoms with E-state index < -0.39 is 0 Å². The smallest absolute Gasteiger partial charge is 0.403 e. The Kier molecular flexibility index (Phi) is 3.26. The standard InChI is InChI=1S/C17H25BO2/c1-12(18-19-16(2,3)17(4,5)20-18)13-6-8-14(9-7-13)15-10-11-15/h6-9,12,15H,10-11H2,1-5H3/t12-/m1/s1. The zero-order valence-electron chi connectivity index (χ0n) is 13.3. The van der Waals surface area contributed by atoms with Crippen LogP contribution in [-0.2, 0) is 9.31 Å². The van der Waals surface area contributed by atoms with Crippen molar-refractivity contribution in [1.29, 1.82) is 0 Å². The zero-order chi connectivity index (χ0) is 14.5. The summed E-state index contributed by atoms with van der Waals surface area (Å²) in [6.45, 7) is 10.6.